The lowest BCUT2D eigenvalue weighted by atomic mass is 10.1. The van der Waals surface area contributed by atoms with E-state index in [0.717, 1.165) is 5.56 Å². The standard InChI is InChI=1S/C14H16FN3O2/c15-11-3-1-10(2-4-11)6-8-17-14(19)12-9-20-13(18-12)5-7-16/h1-4,9H,5-8,16H2,(H,17,19). The molecule has 0 aliphatic carbocycles. The summed E-state index contributed by atoms with van der Waals surface area (Å²) in [7, 11) is 0. The Morgan fingerprint density at radius 2 is 2.05 bits per heavy atom. The zero-order valence-electron chi connectivity index (χ0n) is 10.9. The monoisotopic (exact) mass is 277 g/mol. The van der Waals surface area contributed by atoms with E-state index >= 15 is 0 Å². The maximum Gasteiger partial charge on any atom is 0.273 e. The molecule has 0 radical (unpaired) electrons. The van der Waals surface area contributed by atoms with Gasteiger partial charge in [0.15, 0.2) is 11.6 Å². The first-order valence-corrected chi connectivity index (χ1v) is 6.36. The highest BCUT2D eigenvalue weighted by molar-refractivity contribution is 5.91. The van der Waals surface area contributed by atoms with Crippen molar-refractivity contribution < 1.29 is 13.6 Å². The normalized spacial score (nSPS) is 10.5. The molecule has 1 aromatic carbocycles. The minimum absolute atomic E-state index is 0.243. The summed E-state index contributed by atoms with van der Waals surface area (Å²) >= 11 is 0. The fourth-order valence-electron chi connectivity index (χ4n) is 1.72. The summed E-state index contributed by atoms with van der Waals surface area (Å²) in [6.07, 6.45) is 2.45. The number of hydrogen-bond acceptors (Lipinski definition) is 4. The first-order chi connectivity index (χ1) is 9.69. The summed E-state index contributed by atoms with van der Waals surface area (Å²) in [6.45, 7) is 0.871. The molecule has 0 atom stereocenters. The number of amides is 1. The van der Waals surface area contributed by atoms with Gasteiger partial charge in [0.05, 0.1) is 0 Å². The molecule has 0 fully saturated rings. The number of aromatic nitrogens is 1. The molecule has 1 heterocycles. The van der Waals surface area contributed by atoms with E-state index in [4.69, 9.17) is 10.2 Å². The van der Waals surface area contributed by atoms with Gasteiger partial charge in [-0.2, -0.15) is 0 Å². The predicted molar refractivity (Wildman–Crippen MR) is 71.7 cm³/mol. The van der Waals surface area contributed by atoms with E-state index < -0.39 is 0 Å². The molecule has 1 amide bonds. The van der Waals surface area contributed by atoms with Crippen molar-refractivity contribution in [2.45, 2.75) is 12.8 Å². The Bertz CT molecular complexity index is 566. The van der Waals surface area contributed by atoms with Crippen molar-refractivity contribution in [1.82, 2.24) is 10.3 Å². The Hall–Kier alpha value is -2.21. The molecular weight excluding hydrogens is 261 g/mol. The van der Waals surface area contributed by atoms with Gasteiger partial charge in [0, 0.05) is 19.5 Å². The summed E-state index contributed by atoms with van der Waals surface area (Å²) < 4.78 is 17.8. The fourth-order valence-corrected chi connectivity index (χ4v) is 1.72. The summed E-state index contributed by atoms with van der Waals surface area (Å²) in [5.41, 5.74) is 6.57. The summed E-state index contributed by atoms with van der Waals surface area (Å²) in [6, 6.07) is 6.18. The molecule has 1 aromatic heterocycles. The number of nitrogens with zero attached hydrogens (tertiary/aromatic N) is 1. The number of carbonyl (C=O) groups is 1. The van der Waals surface area contributed by atoms with Crippen LogP contribution in [-0.4, -0.2) is 24.0 Å². The Balaban J connectivity index is 1.81. The summed E-state index contributed by atoms with van der Waals surface area (Å²) in [5, 5.41) is 2.73. The van der Waals surface area contributed by atoms with Crippen molar-refractivity contribution in [3.63, 3.8) is 0 Å². The van der Waals surface area contributed by atoms with E-state index in [1.165, 1.54) is 18.4 Å². The second-order valence-corrected chi connectivity index (χ2v) is 4.30. The topological polar surface area (TPSA) is 81.1 Å². The molecular formula is C14H16FN3O2. The predicted octanol–water partition coefficient (Wildman–Crippen LogP) is 1.29. The number of halogens is 1. The summed E-state index contributed by atoms with van der Waals surface area (Å²) in [5.74, 6) is -0.108. The zero-order valence-corrected chi connectivity index (χ0v) is 10.9. The number of nitrogens with one attached hydrogen (secondary N) is 1. The van der Waals surface area contributed by atoms with Crippen LogP contribution in [0, 0.1) is 5.82 Å². The van der Waals surface area contributed by atoms with Gasteiger partial charge in [0.2, 0.25) is 0 Å². The average molecular weight is 277 g/mol. The average Bonchev–Trinajstić information content (AvgIpc) is 2.90. The van der Waals surface area contributed by atoms with Crippen LogP contribution in [0.1, 0.15) is 21.9 Å². The highest BCUT2D eigenvalue weighted by Gasteiger charge is 2.11. The van der Waals surface area contributed by atoms with Crippen molar-refractivity contribution in [2.75, 3.05) is 13.1 Å². The minimum atomic E-state index is -0.292. The highest BCUT2D eigenvalue weighted by atomic mass is 19.1. The second-order valence-electron chi connectivity index (χ2n) is 4.30. The molecule has 6 heteroatoms. The molecule has 0 spiro atoms. The van der Waals surface area contributed by atoms with Gasteiger partial charge in [-0.25, -0.2) is 9.37 Å². The Morgan fingerprint density at radius 1 is 1.30 bits per heavy atom. The summed E-state index contributed by atoms with van der Waals surface area (Å²) in [4.78, 5) is 15.8. The third kappa shape index (κ3) is 3.89. The number of oxazole rings is 1. The third-order valence-corrected chi connectivity index (χ3v) is 2.76. The van der Waals surface area contributed by atoms with Crippen molar-refractivity contribution in [1.29, 1.82) is 0 Å². The lowest BCUT2D eigenvalue weighted by molar-refractivity contribution is 0.0949. The number of hydrogen-bond donors (Lipinski definition) is 2. The number of benzene rings is 1. The molecule has 0 saturated carbocycles. The minimum Gasteiger partial charge on any atom is -0.448 e. The van der Waals surface area contributed by atoms with Crippen molar-refractivity contribution in [2.24, 2.45) is 5.73 Å². The van der Waals surface area contributed by atoms with Crippen molar-refractivity contribution >= 4 is 5.91 Å². The molecule has 106 valence electrons. The lowest BCUT2D eigenvalue weighted by Crippen LogP contribution is -2.26. The second kappa shape index (κ2) is 6.81. The van der Waals surface area contributed by atoms with E-state index in [1.807, 2.05) is 0 Å². The molecule has 20 heavy (non-hydrogen) atoms. The van der Waals surface area contributed by atoms with Crippen LogP contribution in [0.2, 0.25) is 0 Å². The van der Waals surface area contributed by atoms with E-state index in [-0.39, 0.29) is 17.4 Å². The van der Waals surface area contributed by atoms with Crippen LogP contribution in [-0.2, 0) is 12.8 Å². The number of nitrogens with two attached hydrogens (primary N) is 1. The van der Waals surface area contributed by atoms with E-state index in [2.05, 4.69) is 10.3 Å². The van der Waals surface area contributed by atoms with Gasteiger partial charge >= 0.3 is 0 Å². The smallest absolute Gasteiger partial charge is 0.273 e. The SMILES string of the molecule is NCCc1nc(C(=O)NCCc2ccc(F)cc2)co1. The van der Waals surface area contributed by atoms with Crippen LogP contribution in [0.5, 0.6) is 0 Å². The number of carbonyl (C=O) groups excluding carboxylic acids is 1. The van der Waals surface area contributed by atoms with Crippen LogP contribution in [0.3, 0.4) is 0 Å². The molecule has 2 aromatic rings. The van der Waals surface area contributed by atoms with Gasteiger partial charge in [-0.1, -0.05) is 12.1 Å². The van der Waals surface area contributed by atoms with Crippen LogP contribution in [0.15, 0.2) is 34.9 Å². The number of rotatable bonds is 6. The molecule has 0 aliphatic rings. The molecule has 2 rings (SSSR count). The fraction of sp³-hybridized carbons (Fsp3) is 0.286. The maximum atomic E-state index is 12.7. The molecule has 0 saturated heterocycles. The van der Waals surface area contributed by atoms with Crippen LogP contribution < -0.4 is 11.1 Å². The molecule has 0 unspecified atom stereocenters. The van der Waals surface area contributed by atoms with Crippen LogP contribution in [0.4, 0.5) is 4.39 Å². The molecule has 0 aliphatic heterocycles. The maximum absolute atomic E-state index is 12.7. The van der Waals surface area contributed by atoms with Crippen LogP contribution >= 0.6 is 0 Å². The largest absolute Gasteiger partial charge is 0.448 e. The lowest BCUT2D eigenvalue weighted by Gasteiger charge is -2.03. The Kier molecular flexibility index (Phi) is 4.84. The van der Waals surface area contributed by atoms with Crippen LogP contribution in [0.25, 0.3) is 0 Å². The van der Waals surface area contributed by atoms with Crippen molar-refractivity contribution in [3.8, 4) is 0 Å². The quantitative estimate of drug-likeness (QED) is 0.833. The zero-order chi connectivity index (χ0) is 14.4. The van der Waals surface area contributed by atoms with E-state index in [0.29, 0.717) is 31.8 Å². The molecule has 5 nitrogen and oxygen atoms in total. The first-order valence-electron chi connectivity index (χ1n) is 6.36. The van der Waals surface area contributed by atoms with Gasteiger partial charge < -0.3 is 15.5 Å². The highest BCUT2D eigenvalue weighted by Crippen LogP contribution is 2.04. The van der Waals surface area contributed by atoms with E-state index in [1.54, 1.807) is 12.1 Å². The molecule has 3 N–H and O–H groups in total. The van der Waals surface area contributed by atoms with E-state index in [9.17, 15) is 9.18 Å². The van der Waals surface area contributed by atoms with Gasteiger partial charge in [0.25, 0.3) is 5.91 Å². The Labute approximate surface area is 116 Å². The third-order valence-electron chi connectivity index (χ3n) is 2.76. The Morgan fingerprint density at radius 3 is 2.75 bits per heavy atom. The van der Waals surface area contributed by atoms with Gasteiger partial charge in [-0.3, -0.25) is 4.79 Å². The van der Waals surface area contributed by atoms with Gasteiger partial charge in [-0.15, -0.1) is 0 Å². The first kappa shape index (κ1) is 14.2. The van der Waals surface area contributed by atoms with Crippen molar-refractivity contribution in [3.05, 3.63) is 53.5 Å². The van der Waals surface area contributed by atoms with Gasteiger partial charge in [-0.05, 0) is 24.1 Å². The molecule has 0 bridgehead atoms. The van der Waals surface area contributed by atoms with Gasteiger partial charge in [0.1, 0.15) is 12.1 Å².